The van der Waals surface area contributed by atoms with Crippen molar-refractivity contribution in [1.29, 1.82) is 0 Å². The average molecular weight is 255 g/mol. The van der Waals surface area contributed by atoms with Gasteiger partial charge < -0.3 is 14.7 Å². The smallest absolute Gasteiger partial charge is 0.311 e. The molecule has 2 aliphatic rings. The first-order chi connectivity index (χ1) is 8.62. The van der Waals surface area contributed by atoms with Gasteiger partial charge in [0, 0.05) is 26.3 Å². The van der Waals surface area contributed by atoms with Crippen LogP contribution in [0.1, 0.15) is 38.5 Å². The van der Waals surface area contributed by atoms with Crippen LogP contribution >= 0.6 is 0 Å². The Morgan fingerprint density at radius 2 is 1.94 bits per heavy atom. The summed E-state index contributed by atoms with van der Waals surface area (Å²) in [6.45, 7) is 2.89. The Morgan fingerprint density at radius 1 is 1.33 bits per heavy atom. The van der Waals surface area contributed by atoms with Crippen molar-refractivity contribution in [3.8, 4) is 0 Å². The molecular formula is C14H25NO3. The molecule has 0 aromatic heterocycles. The number of carboxylic acids is 1. The van der Waals surface area contributed by atoms with Gasteiger partial charge in [-0.3, -0.25) is 4.79 Å². The molecule has 1 aliphatic carbocycles. The first-order valence-corrected chi connectivity index (χ1v) is 7.12. The van der Waals surface area contributed by atoms with E-state index >= 15 is 0 Å². The summed E-state index contributed by atoms with van der Waals surface area (Å²) in [4.78, 5) is 13.8. The summed E-state index contributed by atoms with van der Waals surface area (Å²) in [6.07, 6.45) is 6.61. The van der Waals surface area contributed by atoms with E-state index in [2.05, 4.69) is 11.9 Å². The molecule has 1 heterocycles. The molecule has 2 fully saturated rings. The third-order valence-electron chi connectivity index (χ3n) is 4.52. The fourth-order valence-electron chi connectivity index (χ4n) is 3.42. The van der Waals surface area contributed by atoms with Crippen LogP contribution in [0, 0.1) is 11.3 Å². The molecule has 0 spiro atoms. The van der Waals surface area contributed by atoms with E-state index in [0.29, 0.717) is 32.6 Å². The van der Waals surface area contributed by atoms with E-state index in [4.69, 9.17) is 4.74 Å². The molecule has 0 aromatic rings. The number of rotatable bonds is 5. The van der Waals surface area contributed by atoms with Gasteiger partial charge in [0.25, 0.3) is 0 Å². The van der Waals surface area contributed by atoms with Crippen molar-refractivity contribution in [2.24, 2.45) is 11.3 Å². The summed E-state index contributed by atoms with van der Waals surface area (Å²) >= 11 is 0. The Balaban J connectivity index is 1.89. The van der Waals surface area contributed by atoms with Gasteiger partial charge in [-0.15, -0.1) is 0 Å². The Morgan fingerprint density at radius 3 is 2.50 bits per heavy atom. The molecule has 4 heteroatoms. The van der Waals surface area contributed by atoms with Gasteiger partial charge in [0.15, 0.2) is 0 Å². The predicted molar refractivity (Wildman–Crippen MR) is 69.6 cm³/mol. The maximum absolute atomic E-state index is 11.6. The summed E-state index contributed by atoms with van der Waals surface area (Å²) in [6, 6.07) is 0. The second-order valence-corrected chi connectivity index (χ2v) is 6.05. The van der Waals surface area contributed by atoms with Gasteiger partial charge in [0.2, 0.25) is 0 Å². The van der Waals surface area contributed by atoms with Crippen molar-refractivity contribution < 1.29 is 14.6 Å². The SMILES string of the molecule is CN(CC1CCCC1)CC1(C(=O)O)CCOCC1. The van der Waals surface area contributed by atoms with Crippen LogP contribution in [0.2, 0.25) is 0 Å². The Labute approximate surface area is 109 Å². The molecule has 4 nitrogen and oxygen atoms in total. The molecule has 2 rings (SSSR count). The number of aliphatic carboxylic acids is 1. The largest absolute Gasteiger partial charge is 0.481 e. The highest BCUT2D eigenvalue weighted by Crippen LogP contribution is 2.33. The van der Waals surface area contributed by atoms with Gasteiger partial charge in [-0.25, -0.2) is 0 Å². The fraction of sp³-hybridized carbons (Fsp3) is 0.929. The van der Waals surface area contributed by atoms with Gasteiger partial charge in [0.1, 0.15) is 0 Å². The van der Waals surface area contributed by atoms with Crippen LogP contribution in [0.25, 0.3) is 0 Å². The van der Waals surface area contributed by atoms with Gasteiger partial charge in [-0.05, 0) is 38.6 Å². The van der Waals surface area contributed by atoms with Crippen LogP contribution in [0.4, 0.5) is 0 Å². The number of carboxylic acid groups (broad SMARTS) is 1. The van der Waals surface area contributed by atoms with Crippen LogP contribution in [-0.2, 0) is 9.53 Å². The molecular weight excluding hydrogens is 230 g/mol. The van der Waals surface area contributed by atoms with E-state index in [9.17, 15) is 9.90 Å². The quantitative estimate of drug-likeness (QED) is 0.816. The van der Waals surface area contributed by atoms with Crippen LogP contribution < -0.4 is 0 Å². The minimum Gasteiger partial charge on any atom is -0.481 e. The molecule has 1 saturated heterocycles. The van der Waals surface area contributed by atoms with Crippen LogP contribution in [0.5, 0.6) is 0 Å². The lowest BCUT2D eigenvalue weighted by Crippen LogP contribution is -2.46. The van der Waals surface area contributed by atoms with E-state index < -0.39 is 11.4 Å². The molecule has 104 valence electrons. The fourth-order valence-corrected chi connectivity index (χ4v) is 3.42. The molecule has 1 aliphatic heterocycles. The summed E-state index contributed by atoms with van der Waals surface area (Å²) in [7, 11) is 2.07. The molecule has 0 bridgehead atoms. The number of hydrogen-bond donors (Lipinski definition) is 1. The van der Waals surface area contributed by atoms with Crippen molar-refractivity contribution in [2.45, 2.75) is 38.5 Å². The highest BCUT2D eigenvalue weighted by molar-refractivity contribution is 5.75. The summed E-state index contributed by atoms with van der Waals surface area (Å²) < 4.78 is 5.31. The lowest BCUT2D eigenvalue weighted by atomic mass is 9.79. The van der Waals surface area contributed by atoms with Crippen molar-refractivity contribution >= 4 is 5.97 Å². The highest BCUT2D eigenvalue weighted by atomic mass is 16.5. The van der Waals surface area contributed by atoms with Crippen LogP contribution in [0.15, 0.2) is 0 Å². The second-order valence-electron chi connectivity index (χ2n) is 6.05. The molecule has 18 heavy (non-hydrogen) atoms. The normalized spacial score (nSPS) is 24.6. The summed E-state index contributed by atoms with van der Waals surface area (Å²) in [5.41, 5.74) is -0.578. The molecule has 1 saturated carbocycles. The molecule has 1 N–H and O–H groups in total. The van der Waals surface area contributed by atoms with Gasteiger partial charge >= 0.3 is 5.97 Å². The van der Waals surface area contributed by atoms with Crippen molar-refractivity contribution in [2.75, 3.05) is 33.4 Å². The summed E-state index contributed by atoms with van der Waals surface area (Å²) in [5, 5.41) is 9.52. The number of hydrogen-bond acceptors (Lipinski definition) is 3. The maximum Gasteiger partial charge on any atom is 0.311 e. The van der Waals surface area contributed by atoms with E-state index in [0.717, 1.165) is 12.5 Å². The van der Waals surface area contributed by atoms with Crippen molar-refractivity contribution in [3.63, 3.8) is 0 Å². The maximum atomic E-state index is 11.6. The molecule has 0 radical (unpaired) electrons. The van der Waals surface area contributed by atoms with E-state index in [1.807, 2.05) is 0 Å². The van der Waals surface area contributed by atoms with E-state index in [1.165, 1.54) is 25.7 Å². The zero-order valence-electron chi connectivity index (χ0n) is 11.4. The lowest BCUT2D eigenvalue weighted by molar-refractivity contribution is -0.156. The predicted octanol–water partition coefficient (Wildman–Crippen LogP) is 1.99. The van der Waals surface area contributed by atoms with E-state index in [-0.39, 0.29) is 0 Å². The Kier molecular flexibility index (Phi) is 4.62. The van der Waals surface area contributed by atoms with Crippen LogP contribution in [0.3, 0.4) is 0 Å². The zero-order chi connectivity index (χ0) is 13.0. The minimum atomic E-state index is -0.649. The van der Waals surface area contributed by atoms with Crippen molar-refractivity contribution in [3.05, 3.63) is 0 Å². The first kappa shape index (κ1) is 13.8. The molecule has 0 unspecified atom stereocenters. The van der Waals surface area contributed by atoms with Gasteiger partial charge in [-0.1, -0.05) is 12.8 Å². The van der Waals surface area contributed by atoms with Crippen molar-refractivity contribution in [1.82, 2.24) is 4.90 Å². The number of ether oxygens (including phenoxy) is 1. The van der Waals surface area contributed by atoms with Gasteiger partial charge in [0.05, 0.1) is 5.41 Å². The van der Waals surface area contributed by atoms with E-state index in [1.54, 1.807) is 0 Å². The van der Waals surface area contributed by atoms with Gasteiger partial charge in [-0.2, -0.15) is 0 Å². The number of carbonyl (C=O) groups is 1. The average Bonchev–Trinajstić information content (AvgIpc) is 2.82. The third kappa shape index (κ3) is 3.23. The number of nitrogens with zero attached hydrogens (tertiary/aromatic N) is 1. The highest BCUT2D eigenvalue weighted by Gasteiger charge is 2.41. The monoisotopic (exact) mass is 255 g/mol. The minimum absolute atomic E-state index is 0.578. The standard InChI is InChI=1S/C14H25NO3/c1-15(10-12-4-2-3-5-12)11-14(13(16)17)6-8-18-9-7-14/h12H,2-11H2,1H3,(H,16,17). The third-order valence-corrected chi connectivity index (χ3v) is 4.52. The lowest BCUT2D eigenvalue weighted by Gasteiger charge is -2.37. The zero-order valence-corrected chi connectivity index (χ0v) is 11.4. The molecule has 0 atom stereocenters. The Hall–Kier alpha value is -0.610. The summed E-state index contributed by atoms with van der Waals surface area (Å²) in [5.74, 6) is 0.129. The molecule has 0 amide bonds. The first-order valence-electron chi connectivity index (χ1n) is 7.12. The van der Waals surface area contributed by atoms with Crippen LogP contribution in [-0.4, -0.2) is 49.3 Å². The topological polar surface area (TPSA) is 49.8 Å². The molecule has 0 aromatic carbocycles. The Bertz CT molecular complexity index is 281. The second kappa shape index (κ2) is 6.02.